The molecule has 28 heavy (non-hydrogen) atoms. The summed E-state index contributed by atoms with van der Waals surface area (Å²) in [4.78, 5) is 17.1. The van der Waals surface area contributed by atoms with Gasteiger partial charge in [-0.3, -0.25) is 10.1 Å². The Labute approximate surface area is 171 Å². The zero-order chi connectivity index (χ0) is 19.7. The number of carbonyl (C=O) groups excluding carboxylic acids is 1. The highest BCUT2D eigenvalue weighted by Gasteiger charge is 2.29. The molecule has 0 spiro atoms. The Bertz CT molecular complexity index is 1040. The summed E-state index contributed by atoms with van der Waals surface area (Å²) in [5.74, 6) is 1.72. The number of anilines is 1. The van der Waals surface area contributed by atoms with Crippen LogP contribution >= 0.6 is 22.9 Å². The number of benzene rings is 2. The van der Waals surface area contributed by atoms with Crippen molar-refractivity contribution >= 4 is 34.0 Å². The highest BCUT2D eigenvalue weighted by atomic mass is 35.5. The van der Waals surface area contributed by atoms with E-state index < -0.39 is 6.10 Å². The van der Waals surface area contributed by atoms with E-state index in [0.717, 1.165) is 16.8 Å². The molecular formula is C20H17ClN2O4S. The molecule has 0 saturated heterocycles. The normalized spacial score (nSPS) is 14.9. The zero-order valence-electron chi connectivity index (χ0n) is 15.2. The number of aromatic nitrogens is 1. The van der Waals surface area contributed by atoms with E-state index in [1.807, 2.05) is 29.6 Å². The van der Waals surface area contributed by atoms with Crippen LogP contribution in [-0.4, -0.2) is 31.2 Å². The van der Waals surface area contributed by atoms with Crippen molar-refractivity contribution < 1.29 is 19.0 Å². The highest BCUT2D eigenvalue weighted by Crippen LogP contribution is 2.34. The molecule has 0 fully saturated rings. The molecule has 0 aliphatic carbocycles. The van der Waals surface area contributed by atoms with Crippen LogP contribution in [-0.2, 0) is 11.2 Å². The molecule has 144 valence electrons. The molecule has 1 aliphatic rings. The first-order chi connectivity index (χ1) is 13.6. The fourth-order valence-electron chi connectivity index (χ4n) is 3.01. The SMILES string of the molecule is COc1ccc(-c2csc(NC(=O)C3Cc4cc(Cl)ccc4O3)n2)cc1OC. The number of nitrogens with one attached hydrogen (secondary N) is 1. The van der Waals surface area contributed by atoms with Crippen molar-refractivity contribution in [3.05, 3.63) is 52.4 Å². The molecule has 4 rings (SSSR count). The van der Waals surface area contributed by atoms with Crippen LogP contribution in [0, 0.1) is 0 Å². The van der Waals surface area contributed by atoms with Gasteiger partial charge in [-0.2, -0.15) is 0 Å². The van der Waals surface area contributed by atoms with E-state index in [1.54, 1.807) is 26.4 Å². The van der Waals surface area contributed by atoms with Gasteiger partial charge < -0.3 is 14.2 Å². The van der Waals surface area contributed by atoms with E-state index in [9.17, 15) is 4.79 Å². The first-order valence-corrected chi connectivity index (χ1v) is 9.77. The summed E-state index contributed by atoms with van der Waals surface area (Å²) >= 11 is 7.35. The number of hydrogen-bond acceptors (Lipinski definition) is 6. The van der Waals surface area contributed by atoms with Crippen LogP contribution in [0.25, 0.3) is 11.3 Å². The molecule has 0 radical (unpaired) electrons. The van der Waals surface area contributed by atoms with Crippen molar-refractivity contribution in [2.45, 2.75) is 12.5 Å². The van der Waals surface area contributed by atoms with Crippen LogP contribution in [0.4, 0.5) is 5.13 Å². The van der Waals surface area contributed by atoms with Crippen LogP contribution < -0.4 is 19.5 Å². The Morgan fingerprint density at radius 2 is 2.04 bits per heavy atom. The average molecular weight is 417 g/mol. The van der Waals surface area contributed by atoms with Gasteiger partial charge in [-0.05, 0) is 42.0 Å². The molecule has 1 atom stereocenters. The predicted molar refractivity (Wildman–Crippen MR) is 109 cm³/mol. The minimum absolute atomic E-state index is 0.236. The number of thiazole rings is 1. The van der Waals surface area contributed by atoms with E-state index in [4.69, 9.17) is 25.8 Å². The van der Waals surface area contributed by atoms with Gasteiger partial charge in [0, 0.05) is 22.4 Å². The number of hydrogen-bond donors (Lipinski definition) is 1. The lowest BCUT2D eigenvalue weighted by Gasteiger charge is -2.09. The molecular weight excluding hydrogens is 400 g/mol. The predicted octanol–water partition coefficient (Wildman–Crippen LogP) is 4.42. The highest BCUT2D eigenvalue weighted by molar-refractivity contribution is 7.14. The van der Waals surface area contributed by atoms with E-state index in [0.29, 0.717) is 33.8 Å². The number of carbonyl (C=O) groups is 1. The third kappa shape index (κ3) is 3.63. The molecule has 0 saturated carbocycles. The molecule has 8 heteroatoms. The summed E-state index contributed by atoms with van der Waals surface area (Å²) in [6, 6.07) is 10.9. The number of rotatable bonds is 5. The van der Waals surface area contributed by atoms with Crippen LogP contribution in [0.15, 0.2) is 41.8 Å². The maximum atomic E-state index is 12.6. The third-order valence-corrected chi connectivity index (χ3v) is 5.40. The van der Waals surface area contributed by atoms with Gasteiger partial charge in [0.05, 0.1) is 19.9 Å². The minimum atomic E-state index is -0.595. The van der Waals surface area contributed by atoms with Crippen LogP contribution in [0.1, 0.15) is 5.56 Å². The smallest absolute Gasteiger partial charge is 0.267 e. The lowest BCUT2D eigenvalue weighted by molar-refractivity contribution is -0.122. The fourth-order valence-corrected chi connectivity index (χ4v) is 3.93. The lowest BCUT2D eigenvalue weighted by atomic mass is 10.1. The molecule has 1 aromatic heterocycles. The summed E-state index contributed by atoms with van der Waals surface area (Å²) in [6.07, 6.45) is -0.114. The molecule has 1 unspecified atom stereocenters. The quantitative estimate of drug-likeness (QED) is 0.666. The summed E-state index contributed by atoms with van der Waals surface area (Å²) in [5, 5.41) is 5.84. The van der Waals surface area contributed by atoms with Crippen molar-refractivity contribution in [1.29, 1.82) is 0 Å². The molecule has 2 heterocycles. The van der Waals surface area contributed by atoms with Gasteiger partial charge in [-0.1, -0.05) is 11.6 Å². The molecule has 2 aromatic carbocycles. The van der Waals surface area contributed by atoms with Crippen molar-refractivity contribution in [3.8, 4) is 28.5 Å². The van der Waals surface area contributed by atoms with Gasteiger partial charge in [-0.15, -0.1) is 11.3 Å². The Morgan fingerprint density at radius 3 is 2.82 bits per heavy atom. The second-order valence-corrected chi connectivity index (χ2v) is 7.45. The number of halogens is 1. The van der Waals surface area contributed by atoms with Crippen molar-refractivity contribution in [2.75, 3.05) is 19.5 Å². The van der Waals surface area contributed by atoms with E-state index in [2.05, 4.69) is 10.3 Å². The van der Waals surface area contributed by atoms with Gasteiger partial charge in [0.15, 0.2) is 22.7 Å². The first-order valence-electron chi connectivity index (χ1n) is 8.51. The van der Waals surface area contributed by atoms with E-state index in [-0.39, 0.29) is 5.91 Å². The first kappa shape index (κ1) is 18.6. The number of fused-ring (bicyclic) bond motifs is 1. The lowest BCUT2D eigenvalue weighted by Crippen LogP contribution is -2.31. The summed E-state index contributed by atoms with van der Waals surface area (Å²) in [5.41, 5.74) is 2.54. The standard InChI is InChI=1S/C20H17ClN2O4S/c1-25-16-5-3-11(8-17(16)26-2)14-10-28-20(22-14)23-19(24)18-9-12-7-13(21)4-6-15(12)27-18/h3-8,10,18H,9H2,1-2H3,(H,22,23,24). The monoisotopic (exact) mass is 416 g/mol. The van der Waals surface area contributed by atoms with Gasteiger partial charge in [0.25, 0.3) is 5.91 Å². The zero-order valence-corrected chi connectivity index (χ0v) is 16.8. The van der Waals surface area contributed by atoms with Crippen molar-refractivity contribution in [2.24, 2.45) is 0 Å². The molecule has 0 bridgehead atoms. The van der Waals surface area contributed by atoms with Crippen LogP contribution in [0.2, 0.25) is 5.02 Å². The number of nitrogens with zero attached hydrogens (tertiary/aromatic N) is 1. The largest absolute Gasteiger partial charge is 0.493 e. The summed E-state index contributed by atoms with van der Waals surface area (Å²) in [7, 11) is 3.17. The maximum Gasteiger partial charge on any atom is 0.267 e. The topological polar surface area (TPSA) is 69.7 Å². The Balaban J connectivity index is 1.46. The summed E-state index contributed by atoms with van der Waals surface area (Å²) in [6.45, 7) is 0. The molecule has 1 amide bonds. The van der Waals surface area contributed by atoms with Crippen LogP contribution in [0.3, 0.4) is 0 Å². The van der Waals surface area contributed by atoms with E-state index >= 15 is 0 Å². The van der Waals surface area contributed by atoms with Crippen LogP contribution in [0.5, 0.6) is 17.2 Å². The molecule has 6 nitrogen and oxygen atoms in total. The second kappa shape index (κ2) is 7.69. The fraction of sp³-hybridized carbons (Fsp3) is 0.200. The third-order valence-electron chi connectivity index (χ3n) is 4.40. The second-order valence-electron chi connectivity index (χ2n) is 6.16. The van der Waals surface area contributed by atoms with E-state index in [1.165, 1.54) is 11.3 Å². The van der Waals surface area contributed by atoms with Crippen molar-refractivity contribution in [1.82, 2.24) is 4.98 Å². The van der Waals surface area contributed by atoms with Crippen molar-refractivity contribution in [3.63, 3.8) is 0 Å². The Kier molecular flexibility index (Phi) is 5.11. The van der Waals surface area contributed by atoms with Gasteiger partial charge in [0.2, 0.25) is 0 Å². The van der Waals surface area contributed by atoms with Gasteiger partial charge >= 0.3 is 0 Å². The number of methoxy groups -OCH3 is 2. The Hall–Kier alpha value is -2.77. The average Bonchev–Trinajstić information content (AvgIpc) is 3.34. The summed E-state index contributed by atoms with van der Waals surface area (Å²) < 4.78 is 16.3. The molecule has 1 N–H and O–H groups in total. The minimum Gasteiger partial charge on any atom is -0.493 e. The number of amides is 1. The van der Waals surface area contributed by atoms with Gasteiger partial charge in [-0.25, -0.2) is 4.98 Å². The van der Waals surface area contributed by atoms with Gasteiger partial charge in [0.1, 0.15) is 5.75 Å². The Morgan fingerprint density at radius 1 is 1.21 bits per heavy atom. The maximum absolute atomic E-state index is 12.6. The molecule has 1 aliphatic heterocycles. The number of ether oxygens (including phenoxy) is 3. The molecule has 3 aromatic rings.